The molecule has 0 fully saturated rings. The van der Waals surface area contributed by atoms with E-state index in [-0.39, 0.29) is 5.91 Å². The first-order chi connectivity index (χ1) is 11.6. The number of hydrogen-bond acceptors (Lipinski definition) is 4. The van der Waals surface area contributed by atoms with Gasteiger partial charge >= 0.3 is 0 Å². The summed E-state index contributed by atoms with van der Waals surface area (Å²) < 4.78 is 12.0. The highest BCUT2D eigenvalue weighted by Crippen LogP contribution is 2.30. The van der Waals surface area contributed by atoms with Gasteiger partial charge in [-0.3, -0.25) is 14.2 Å². The van der Waals surface area contributed by atoms with E-state index in [0.717, 1.165) is 11.7 Å². The molecule has 0 spiro atoms. The normalized spacial score (nSPS) is 10.6. The molecular weight excluding hydrogens is 306 g/mol. The van der Waals surface area contributed by atoms with Crippen molar-refractivity contribution in [3.8, 4) is 11.5 Å². The molecule has 0 radical (unpaired) electrons. The van der Waals surface area contributed by atoms with Crippen LogP contribution in [-0.2, 0) is 0 Å². The van der Waals surface area contributed by atoms with Gasteiger partial charge in [0.05, 0.1) is 19.7 Å². The summed E-state index contributed by atoms with van der Waals surface area (Å²) in [6.45, 7) is 1.77. The minimum Gasteiger partial charge on any atom is -0.493 e. The van der Waals surface area contributed by atoms with Gasteiger partial charge in [-0.1, -0.05) is 18.2 Å². The van der Waals surface area contributed by atoms with Crippen molar-refractivity contribution in [2.24, 2.45) is 0 Å². The van der Waals surface area contributed by atoms with E-state index < -0.39 is 0 Å². The SMILES string of the molecule is COc1ccc(C(=O)n2c(C)c(C=O)c3ccccc32)cc1OC. The van der Waals surface area contributed by atoms with Crippen molar-refractivity contribution < 1.29 is 19.1 Å². The summed E-state index contributed by atoms with van der Waals surface area (Å²) in [5, 5.41) is 0.763. The second kappa shape index (κ2) is 6.20. The number of fused-ring (bicyclic) bond motifs is 1. The van der Waals surface area contributed by atoms with Gasteiger partial charge in [0, 0.05) is 22.2 Å². The van der Waals surface area contributed by atoms with Crippen LogP contribution in [0.25, 0.3) is 10.9 Å². The molecule has 0 saturated heterocycles. The van der Waals surface area contributed by atoms with Crippen molar-refractivity contribution in [3.05, 3.63) is 59.3 Å². The minimum atomic E-state index is -0.224. The molecule has 0 unspecified atom stereocenters. The minimum absolute atomic E-state index is 0.224. The largest absolute Gasteiger partial charge is 0.493 e. The zero-order chi connectivity index (χ0) is 17.3. The van der Waals surface area contributed by atoms with E-state index in [4.69, 9.17) is 9.47 Å². The van der Waals surface area contributed by atoms with Crippen LogP contribution in [0.15, 0.2) is 42.5 Å². The number of hydrogen-bond donors (Lipinski definition) is 0. The molecule has 5 nitrogen and oxygen atoms in total. The molecule has 24 heavy (non-hydrogen) atoms. The Kier molecular flexibility index (Phi) is 4.08. The smallest absolute Gasteiger partial charge is 0.262 e. The van der Waals surface area contributed by atoms with Crippen molar-refractivity contribution in [1.82, 2.24) is 4.57 Å². The van der Waals surface area contributed by atoms with Crippen LogP contribution in [0.5, 0.6) is 11.5 Å². The first-order valence-electron chi connectivity index (χ1n) is 7.44. The summed E-state index contributed by atoms with van der Waals surface area (Å²) in [6, 6.07) is 12.4. The average Bonchev–Trinajstić information content (AvgIpc) is 2.91. The van der Waals surface area contributed by atoms with Crippen LogP contribution in [-0.4, -0.2) is 31.0 Å². The first kappa shape index (κ1) is 15.8. The third kappa shape index (κ3) is 2.34. The second-order valence-electron chi connectivity index (χ2n) is 5.34. The first-order valence-corrected chi connectivity index (χ1v) is 7.44. The van der Waals surface area contributed by atoms with Crippen molar-refractivity contribution >= 4 is 23.1 Å². The van der Waals surface area contributed by atoms with Crippen LogP contribution in [0.2, 0.25) is 0 Å². The molecular formula is C19H17NO4. The third-order valence-corrected chi connectivity index (χ3v) is 4.11. The van der Waals surface area contributed by atoms with Gasteiger partial charge in [0.2, 0.25) is 0 Å². The topological polar surface area (TPSA) is 57.5 Å². The van der Waals surface area contributed by atoms with Gasteiger partial charge in [-0.25, -0.2) is 0 Å². The molecule has 0 saturated carbocycles. The lowest BCUT2D eigenvalue weighted by molar-refractivity contribution is 0.0962. The van der Waals surface area contributed by atoms with E-state index in [0.29, 0.717) is 33.8 Å². The Hall–Kier alpha value is -3.08. The fraction of sp³-hybridized carbons (Fsp3) is 0.158. The van der Waals surface area contributed by atoms with E-state index in [2.05, 4.69) is 0 Å². The summed E-state index contributed by atoms with van der Waals surface area (Å²) in [4.78, 5) is 24.5. The standard InChI is InChI=1S/C19H17NO4/c1-12-15(11-21)14-6-4-5-7-16(14)20(12)19(22)13-8-9-17(23-2)18(10-13)24-3/h4-11H,1-3H3. The lowest BCUT2D eigenvalue weighted by Crippen LogP contribution is -2.14. The highest BCUT2D eigenvalue weighted by atomic mass is 16.5. The summed E-state index contributed by atoms with van der Waals surface area (Å²) in [5.74, 6) is 0.808. The Balaban J connectivity index is 2.19. The summed E-state index contributed by atoms with van der Waals surface area (Å²) in [5.41, 5.74) is 2.30. The van der Waals surface area contributed by atoms with Gasteiger partial charge in [-0.2, -0.15) is 0 Å². The molecule has 0 aliphatic carbocycles. The van der Waals surface area contributed by atoms with Gasteiger partial charge < -0.3 is 9.47 Å². The van der Waals surface area contributed by atoms with E-state index in [9.17, 15) is 9.59 Å². The zero-order valence-electron chi connectivity index (χ0n) is 13.7. The van der Waals surface area contributed by atoms with Crippen LogP contribution < -0.4 is 9.47 Å². The van der Waals surface area contributed by atoms with E-state index in [1.165, 1.54) is 7.11 Å². The highest BCUT2D eigenvalue weighted by molar-refractivity contribution is 6.08. The maximum atomic E-state index is 13.0. The highest BCUT2D eigenvalue weighted by Gasteiger charge is 2.20. The summed E-state index contributed by atoms with van der Waals surface area (Å²) in [6.07, 6.45) is 0.788. The van der Waals surface area contributed by atoms with E-state index in [1.807, 2.05) is 24.3 Å². The number of rotatable bonds is 4. The molecule has 0 bridgehead atoms. The number of carbonyl (C=O) groups excluding carboxylic acids is 2. The van der Waals surface area contributed by atoms with Crippen LogP contribution in [0.4, 0.5) is 0 Å². The van der Waals surface area contributed by atoms with Crippen LogP contribution >= 0.6 is 0 Å². The van der Waals surface area contributed by atoms with Crippen LogP contribution in [0.1, 0.15) is 26.4 Å². The molecule has 1 heterocycles. The second-order valence-corrected chi connectivity index (χ2v) is 5.34. The number of aromatic nitrogens is 1. The molecule has 122 valence electrons. The van der Waals surface area contributed by atoms with Crippen molar-refractivity contribution in [2.45, 2.75) is 6.92 Å². The average molecular weight is 323 g/mol. The Morgan fingerprint density at radius 1 is 1.04 bits per heavy atom. The van der Waals surface area contributed by atoms with E-state index in [1.54, 1.807) is 36.8 Å². The number of nitrogens with zero attached hydrogens (tertiary/aromatic N) is 1. The zero-order valence-corrected chi connectivity index (χ0v) is 13.7. The number of ether oxygens (including phenoxy) is 2. The Bertz CT molecular complexity index is 940. The van der Waals surface area contributed by atoms with Crippen molar-refractivity contribution in [3.63, 3.8) is 0 Å². The molecule has 0 amide bonds. The predicted octanol–water partition coefficient (Wildman–Crippen LogP) is 3.47. The molecule has 2 aromatic carbocycles. The molecule has 3 aromatic rings. The summed E-state index contributed by atoms with van der Waals surface area (Å²) >= 11 is 0. The number of para-hydroxylation sites is 1. The molecule has 0 atom stereocenters. The maximum Gasteiger partial charge on any atom is 0.262 e. The lowest BCUT2D eigenvalue weighted by atomic mass is 10.1. The van der Waals surface area contributed by atoms with Crippen molar-refractivity contribution in [2.75, 3.05) is 14.2 Å². The van der Waals surface area contributed by atoms with Gasteiger partial charge in [-0.05, 0) is 31.2 Å². The molecule has 0 aliphatic heterocycles. The quantitative estimate of drug-likeness (QED) is 0.690. The number of aldehydes is 1. The molecule has 1 aromatic heterocycles. The monoisotopic (exact) mass is 323 g/mol. The number of carbonyl (C=O) groups is 2. The number of methoxy groups -OCH3 is 2. The fourth-order valence-corrected chi connectivity index (χ4v) is 2.90. The lowest BCUT2D eigenvalue weighted by Gasteiger charge is -2.11. The third-order valence-electron chi connectivity index (χ3n) is 4.11. The van der Waals surface area contributed by atoms with E-state index >= 15 is 0 Å². The van der Waals surface area contributed by atoms with Gasteiger partial charge in [0.25, 0.3) is 5.91 Å². The Morgan fingerprint density at radius 2 is 1.75 bits per heavy atom. The molecule has 3 rings (SSSR count). The molecule has 5 heteroatoms. The van der Waals surface area contributed by atoms with Gasteiger partial charge in [-0.15, -0.1) is 0 Å². The number of benzene rings is 2. The van der Waals surface area contributed by atoms with Gasteiger partial charge in [0.15, 0.2) is 17.8 Å². The summed E-state index contributed by atoms with van der Waals surface area (Å²) in [7, 11) is 3.06. The molecule has 0 aliphatic rings. The Morgan fingerprint density at radius 3 is 2.42 bits per heavy atom. The predicted molar refractivity (Wildman–Crippen MR) is 91.3 cm³/mol. The van der Waals surface area contributed by atoms with Crippen LogP contribution in [0, 0.1) is 6.92 Å². The Labute approximate surface area is 139 Å². The molecule has 0 N–H and O–H groups in total. The van der Waals surface area contributed by atoms with Crippen molar-refractivity contribution in [1.29, 1.82) is 0 Å². The van der Waals surface area contributed by atoms with Gasteiger partial charge in [0.1, 0.15) is 0 Å². The fourth-order valence-electron chi connectivity index (χ4n) is 2.90. The van der Waals surface area contributed by atoms with Crippen LogP contribution in [0.3, 0.4) is 0 Å². The maximum absolute atomic E-state index is 13.0.